The molecule has 1 heterocycles. The number of hydrogen-bond donors (Lipinski definition) is 1. The normalized spacial score (nSPS) is 28.3. The first kappa shape index (κ1) is 7.50. The van der Waals surface area contributed by atoms with Crippen LogP contribution in [0, 0.1) is 0 Å². The van der Waals surface area contributed by atoms with Crippen molar-refractivity contribution in [3.8, 4) is 0 Å². The van der Waals surface area contributed by atoms with E-state index in [2.05, 4.69) is 0 Å². The highest BCUT2D eigenvalue weighted by molar-refractivity contribution is 5.73. The monoisotopic (exact) mass is 145 g/mol. The molecule has 0 amide bonds. The first-order valence-corrected chi connectivity index (χ1v) is 3.22. The second kappa shape index (κ2) is 2.98. The van der Waals surface area contributed by atoms with Crippen LogP contribution in [0.1, 0.15) is 0 Å². The molecule has 1 fully saturated rings. The van der Waals surface area contributed by atoms with E-state index in [9.17, 15) is 4.79 Å². The summed E-state index contributed by atoms with van der Waals surface area (Å²) in [6, 6.07) is -0.450. The average Bonchev–Trinajstić information content (AvgIpc) is 1.88. The van der Waals surface area contributed by atoms with Crippen LogP contribution in [0.2, 0.25) is 0 Å². The van der Waals surface area contributed by atoms with Gasteiger partial charge in [-0.15, -0.1) is 0 Å². The molecule has 0 aromatic heterocycles. The van der Waals surface area contributed by atoms with Crippen molar-refractivity contribution in [2.45, 2.75) is 6.04 Å². The third-order valence-electron chi connectivity index (χ3n) is 1.68. The van der Waals surface area contributed by atoms with Gasteiger partial charge in [-0.25, -0.2) is 0 Å². The van der Waals surface area contributed by atoms with Crippen molar-refractivity contribution < 1.29 is 14.6 Å². The predicted octanol–water partition coefficient (Wildman–Crippen LogP) is -0.598. The Hall–Kier alpha value is -0.610. The van der Waals surface area contributed by atoms with Crippen molar-refractivity contribution in [2.24, 2.45) is 0 Å². The van der Waals surface area contributed by atoms with Crippen LogP contribution in [0.3, 0.4) is 0 Å². The van der Waals surface area contributed by atoms with Crippen LogP contribution in [-0.4, -0.2) is 48.8 Å². The number of rotatable bonds is 1. The molecular formula is C6H11NO3. The molecule has 0 unspecified atom stereocenters. The van der Waals surface area contributed by atoms with Crippen LogP contribution >= 0.6 is 0 Å². The van der Waals surface area contributed by atoms with E-state index in [4.69, 9.17) is 9.84 Å². The Morgan fingerprint density at radius 2 is 2.50 bits per heavy atom. The number of aliphatic carboxylic acids is 1. The highest BCUT2D eigenvalue weighted by Crippen LogP contribution is 2.02. The molecule has 1 saturated heterocycles. The van der Waals surface area contributed by atoms with E-state index in [0.717, 1.165) is 0 Å². The Bertz CT molecular complexity index is 137. The van der Waals surface area contributed by atoms with Gasteiger partial charge in [-0.1, -0.05) is 0 Å². The van der Waals surface area contributed by atoms with Crippen LogP contribution < -0.4 is 0 Å². The van der Waals surface area contributed by atoms with Gasteiger partial charge in [0.25, 0.3) is 0 Å². The average molecular weight is 145 g/mol. The van der Waals surface area contributed by atoms with Gasteiger partial charge in [0.1, 0.15) is 6.04 Å². The van der Waals surface area contributed by atoms with Crippen molar-refractivity contribution in [1.29, 1.82) is 0 Å². The standard InChI is InChI=1S/C6H11NO3/c1-7-2-3-10-4-5(7)6(8)9/h5H,2-4H2,1H3,(H,8,9)/t5-/m1/s1. The van der Waals surface area contributed by atoms with Crippen LogP contribution in [-0.2, 0) is 9.53 Å². The zero-order valence-electron chi connectivity index (χ0n) is 5.91. The summed E-state index contributed by atoms with van der Waals surface area (Å²) in [6.45, 7) is 1.66. The Balaban J connectivity index is 2.47. The molecule has 0 radical (unpaired) electrons. The van der Waals surface area contributed by atoms with Crippen molar-refractivity contribution in [1.82, 2.24) is 4.90 Å². The van der Waals surface area contributed by atoms with Crippen LogP contribution in [0.4, 0.5) is 0 Å². The molecule has 1 N–H and O–H groups in total. The molecule has 10 heavy (non-hydrogen) atoms. The lowest BCUT2D eigenvalue weighted by molar-refractivity contribution is -0.148. The van der Waals surface area contributed by atoms with Crippen LogP contribution in [0.25, 0.3) is 0 Å². The first-order valence-electron chi connectivity index (χ1n) is 3.22. The third-order valence-corrected chi connectivity index (χ3v) is 1.68. The minimum absolute atomic E-state index is 0.311. The minimum atomic E-state index is -0.804. The van der Waals surface area contributed by atoms with E-state index in [1.165, 1.54) is 0 Å². The number of hydrogen-bond acceptors (Lipinski definition) is 3. The lowest BCUT2D eigenvalue weighted by Gasteiger charge is -2.28. The smallest absolute Gasteiger partial charge is 0.323 e. The van der Waals surface area contributed by atoms with Gasteiger partial charge in [0, 0.05) is 6.54 Å². The zero-order chi connectivity index (χ0) is 7.56. The number of carboxylic acid groups (broad SMARTS) is 1. The molecule has 0 aromatic carbocycles. The topological polar surface area (TPSA) is 49.8 Å². The highest BCUT2D eigenvalue weighted by Gasteiger charge is 2.25. The second-order valence-corrected chi connectivity index (χ2v) is 2.41. The number of ether oxygens (including phenoxy) is 1. The first-order chi connectivity index (χ1) is 4.72. The molecule has 4 nitrogen and oxygen atoms in total. The van der Waals surface area contributed by atoms with Gasteiger partial charge in [0.2, 0.25) is 0 Å². The van der Waals surface area contributed by atoms with E-state index < -0.39 is 12.0 Å². The fourth-order valence-corrected chi connectivity index (χ4v) is 0.946. The van der Waals surface area contributed by atoms with Gasteiger partial charge in [0.05, 0.1) is 13.2 Å². The Morgan fingerprint density at radius 1 is 1.80 bits per heavy atom. The third kappa shape index (κ3) is 1.46. The van der Waals surface area contributed by atoms with Crippen molar-refractivity contribution in [3.63, 3.8) is 0 Å². The Morgan fingerprint density at radius 3 is 2.90 bits per heavy atom. The fourth-order valence-electron chi connectivity index (χ4n) is 0.946. The molecule has 0 bridgehead atoms. The molecular weight excluding hydrogens is 134 g/mol. The summed E-state index contributed by atoms with van der Waals surface area (Å²) in [7, 11) is 1.79. The van der Waals surface area contributed by atoms with Gasteiger partial charge in [-0.3, -0.25) is 9.69 Å². The van der Waals surface area contributed by atoms with Crippen LogP contribution in [0.5, 0.6) is 0 Å². The fraction of sp³-hybridized carbons (Fsp3) is 0.833. The van der Waals surface area contributed by atoms with Crippen molar-refractivity contribution in [3.05, 3.63) is 0 Å². The number of carbonyl (C=O) groups is 1. The van der Waals surface area contributed by atoms with E-state index in [1.807, 2.05) is 0 Å². The maximum atomic E-state index is 10.4. The molecule has 1 aliphatic rings. The summed E-state index contributed by atoms with van der Waals surface area (Å²) in [6.07, 6.45) is 0. The molecule has 0 aliphatic carbocycles. The quantitative estimate of drug-likeness (QED) is 0.535. The van der Waals surface area contributed by atoms with Crippen molar-refractivity contribution in [2.75, 3.05) is 26.8 Å². The molecule has 58 valence electrons. The largest absolute Gasteiger partial charge is 0.480 e. The predicted molar refractivity (Wildman–Crippen MR) is 34.9 cm³/mol. The summed E-state index contributed by atoms with van der Waals surface area (Å²) in [5.74, 6) is -0.804. The second-order valence-electron chi connectivity index (χ2n) is 2.41. The maximum absolute atomic E-state index is 10.4. The summed E-state index contributed by atoms with van der Waals surface area (Å²) in [5.41, 5.74) is 0. The summed E-state index contributed by atoms with van der Waals surface area (Å²) in [5, 5.41) is 8.59. The Labute approximate surface area is 59.4 Å². The Kier molecular flexibility index (Phi) is 2.24. The van der Waals surface area contributed by atoms with Crippen LogP contribution in [0.15, 0.2) is 0 Å². The molecule has 1 atom stereocenters. The lowest BCUT2D eigenvalue weighted by Crippen LogP contribution is -2.47. The highest BCUT2D eigenvalue weighted by atomic mass is 16.5. The molecule has 0 saturated carbocycles. The van der Waals surface area contributed by atoms with E-state index in [1.54, 1.807) is 11.9 Å². The van der Waals surface area contributed by atoms with E-state index in [-0.39, 0.29) is 0 Å². The SMILES string of the molecule is CN1CCOC[C@@H]1C(=O)O. The number of carboxylic acids is 1. The van der Waals surface area contributed by atoms with Gasteiger partial charge in [0.15, 0.2) is 0 Å². The molecule has 1 aliphatic heterocycles. The lowest BCUT2D eigenvalue weighted by atomic mass is 10.2. The minimum Gasteiger partial charge on any atom is -0.480 e. The van der Waals surface area contributed by atoms with Gasteiger partial charge in [-0.2, -0.15) is 0 Å². The maximum Gasteiger partial charge on any atom is 0.323 e. The summed E-state index contributed by atoms with van der Waals surface area (Å²) in [4.78, 5) is 12.2. The number of morpholine rings is 1. The van der Waals surface area contributed by atoms with Gasteiger partial charge < -0.3 is 9.84 Å². The number of likely N-dealkylation sites (N-methyl/N-ethyl adjacent to an activating group) is 1. The van der Waals surface area contributed by atoms with Gasteiger partial charge in [-0.05, 0) is 7.05 Å². The van der Waals surface area contributed by atoms with Crippen molar-refractivity contribution >= 4 is 5.97 Å². The van der Waals surface area contributed by atoms with E-state index >= 15 is 0 Å². The zero-order valence-corrected chi connectivity index (χ0v) is 5.91. The molecule has 0 spiro atoms. The molecule has 0 aromatic rings. The summed E-state index contributed by atoms with van der Waals surface area (Å²) < 4.78 is 4.99. The summed E-state index contributed by atoms with van der Waals surface area (Å²) >= 11 is 0. The molecule has 4 heteroatoms. The van der Waals surface area contributed by atoms with Gasteiger partial charge >= 0.3 is 5.97 Å². The molecule has 1 rings (SSSR count). The van der Waals surface area contributed by atoms with E-state index in [0.29, 0.717) is 19.8 Å². The number of nitrogens with zero attached hydrogens (tertiary/aromatic N) is 1.